The van der Waals surface area contributed by atoms with Crippen molar-refractivity contribution in [2.24, 2.45) is 0 Å². The van der Waals surface area contributed by atoms with Crippen LogP contribution in [0.5, 0.6) is 0 Å². The fourth-order valence-electron chi connectivity index (χ4n) is 3.91. The quantitative estimate of drug-likeness (QED) is 0.311. The predicted molar refractivity (Wildman–Crippen MR) is 117 cm³/mol. The van der Waals surface area contributed by atoms with Crippen LogP contribution in [0.3, 0.4) is 0 Å². The van der Waals surface area contributed by atoms with E-state index in [2.05, 4.69) is 82.3 Å². The summed E-state index contributed by atoms with van der Waals surface area (Å²) in [7, 11) is 0. The first-order valence-electron chi connectivity index (χ1n) is 8.30. The first-order chi connectivity index (χ1) is 11.5. The number of fused-ring (bicyclic) bond motifs is 2. The predicted octanol–water partition coefficient (Wildman–Crippen LogP) is 5.94. The molecule has 1 aromatic heterocycles. The summed E-state index contributed by atoms with van der Waals surface area (Å²) in [4.78, 5) is 0. The fraction of sp³-hybridized carbons (Fsp3) is 0.136. The summed E-state index contributed by atoms with van der Waals surface area (Å²) in [6.45, 7) is 9.03. The molecule has 0 N–H and O–H groups in total. The van der Waals surface area contributed by atoms with Crippen LogP contribution in [0.1, 0.15) is 16.7 Å². The summed E-state index contributed by atoms with van der Waals surface area (Å²) in [6.07, 6.45) is 0. The molecule has 4 heteroatoms. The summed E-state index contributed by atoms with van der Waals surface area (Å²) < 4.78 is 1.40. The third-order valence-electron chi connectivity index (χ3n) is 4.79. The molecule has 0 atom stereocenters. The van der Waals surface area contributed by atoms with Crippen molar-refractivity contribution in [1.29, 1.82) is 0 Å². The molecule has 0 nitrogen and oxygen atoms in total. The van der Waals surface area contributed by atoms with Crippen LogP contribution in [0.25, 0.3) is 32.6 Å². The van der Waals surface area contributed by atoms with E-state index in [0.29, 0.717) is 0 Å². The Morgan fingerprint density at radius 1 is 0.731 bits per heavy atom. The van der Waals surface area contributed by atoms with Crippen molar-refractivity contribution >= 4 is 56.3 Å². The molecule has 129 valence electrons. The first kappa shape index (κ1) is 21.4. The van der Waals surface area contributed by atoms with Gasteiger partial charge in [0.1, 0.15) is 0 Å². The van der Waals surface area contributed by atoms with Gasteiger partial charge in [-0.05, 0) is 0 Å². The third kappa shape index (κ3) is 3.70. The van der Waals surface area contributed by atoms with E-state index >= 15 is 0 Å². The van der Waals surface area contributed by atoms with Gasteiger partial charge in [-0.3, -0.25) is 0 Å². The molecule has 0 spiro atoms. The Morgan fingerprint density at radius 2 is 1.38 bits per heavy atom. The van der Waals surface area contributed by atoms with E-state index in [4.69, 9.17) is 0 Å². The Labute approximate surface area is 183 Å². The second-order valence-electron chi connectivity index (χ2n) is 6.68. The minimum Gasteiger partial charge on any atom is -0.147 e. The van der Waals surface area contributed by atoms with Crippen LogP contribution in [0.2, 0.25) is 0 Å². The largest absolute Gasteiger partial charge is 0.147 e. The molecule has 1 heterocycles. The topological polar surface area (TPSA) is 0 Å². The van der Waals surface area contributed by atoms with Gasteiger partial charge in [0.05, 0.1) is 0 Å². The standard InChI is InChI=1S/C22H18B.2ClH.Zr/c1-14-11-15(2)20(16(3)12-14)21-19-9-5-4-7-17(19)13-18-8-6-10-23-22(18)21;;;/h4-9,11-13H,1-3H3;2*1H;. The van der Waals surface area contributed by atoms with Crippen molar-refractivity contribution < 1.29 is 24.7 Å². The summed E-state index contributed by atoms with van der Waals surface area (Å²) in [6, 6.07) is 20.2. The van der Waals surface area contributed by atoms with Gasteiger partial charge in [-0.1, -0.05) is 0 Å². The van der Waals surface area contributed by atoms with Crippen LogP contribution in [0, 0.1) is 20.8 Å². The number of hydrogen-bond acceptors (Lipinski definition) is 0. The Balaban J connectivity index is 0.00000121. The van der Waals surface area contributed by atoms with Crippen LogP contribution in [0.4, 0.5) is 0 Å². The molecule has 0 radical (unpaired) electrons. The molecule has 0 aliphatic carbocycles. The van der Waals surface area contributed by atoms with Crippen molar-refractivity contribution in [3.8, 4) is 11.1 Å². The van der Waals surface area contributed by atoms with Crippen LogP contribution in [0.15, 0.2) is 54.6 Å². The van der Waals surface area contributed by atoms with E-state index in [1.807, 2.05) is 0 Å². The van der Waals surface area contributed by atoms with Crippen molar-refractivity contribution in [1.82, 2.24) is 0 Å². The summed E-state index contributed by atoms with van der Waals surface area (Å²) in [5.74, 6) is 0. The van der Waals surface area contributed by atoms with Crippen molar-refractivity contribution in [2.45, 2.75) is 20.8 Å². The molecular formula is C22H20BCl2Zr. The SMILES string of the molecule is Cc1cc(C)c(-c2c3b[c]([Zr])ccc3cc3ccccc23)c(C)c1.Cl.Cl. The van der Waals surface area contributed by atoms with Gasteiger partial charge in [0.2, 0.25) is 0 Å². The molecule has 0 unspecified atom stereocenters. The second-order valence-corrected chi connectivity index (χ2v) is 8.10. The maximum Gasteiger partial charge on any atom is -0.147 e. The summed E-state index contributed by atoms with van der Waals surface area (Å²) in [5, 5.41) is 5.37. The zero-order chi connectivity index (χ0) is 16.8. The van der Waals surface area contributed by atoms with Crippen LogP contribution in [-0.2, 0) is 24.7 Å². The molecule has 3 aromatic carbocycles. The Kier molecular flexibility index (Phi) is 6.89. The molecule has 0 aliphatic rings. The number of benzene rings is 3. The zero-order valence-corrected chi connectivity index (χ0v) is 19.2. The van der Waals surface area contributed by atoms with E-state index in [9.17, 15) is 0 Å². The molecular weight excluding hydrogens is 437 g/mol. The van der Waals surface area contributed by atoms with Gasteiger partial charge >= 0.3 is 159 Å². The maximum atomic E-state index is 2.37. The van der Waals surface area contributed by atoms with Gasteiger partial charge in [0.25, 0.3) is 0 Å². The number of halogens is 2. The van der Waals surface area contributed by atoms with Crippen LogP contribution in [-0.4, -0.2) is 6.91 Å². The van der Waals surface area contributed by atoms with E-state index in [1.54, 1.807) is 0 Å². The smallest absolute Gasteiger partial charge is 0.147 e. The van der Waals surface area contributed by atoms with Crippen molar-refractivity contribution in [3.63, 3.8) is 0 Å². The van der Waals surface area contributed by atoms with Gasteiger partial charge < -0.3 is 0 Å². The minimum atomic E-state index is 0. The van der Waals surface area contributed by atoms with E-state index in [1.165, 1.54) is 77.1 Å². The number of rotatable bonds is 1. The van der Waals surface area contributed by atoms with E-state index in [0.717, 1.165) is 0 Å². The van der Waals surface area contributed by atoms with E-state index < -0.39 is 0 Å². The molecule has 4 rings (SSSR count). The summed E-state index contributed by atoms with van der Waals surface area (Å²) in [5.41, 5.74) is 6.84. The Morgan fingerprint density at radius 3 is 2.08 bits per heavy atom. The van der Waals surface area contributed by atoms with Gasteiger partial charge in [-0.25, -0.2) is 0 Å². The average molecular weight is 457 g/mol. The summed E-state index contributed by atoms with van der Waals surface area (Å²) >= 11 is 1.46. The molecule has 4 aromatic rings. The zero-order valence-electron chi connectivity index (χ0n) is 15.1. The average Bonchev–Trinajstić information content (AvgIpc) is 2.53. The van der Waals surface area contributed by atoms with Crippen molar-refractivity contribution in [2.75, 3.05) is 0 Å². The monoisotopic (exact) mass is 455 g/mol. The molecule has 0 aliphatic heterocycles. The van der Waals surface area contributed by atoms with Gasteiger partial charge in [0, 0.05) is 0 Å². The molecule has 0 saturated carbocycles. The second kappa shape index (κ2) is 8.38. The Hall–Kier alpha value is -0.942. The fourth-order valence-corrected chi connectivity index (χ4v) is 4.47. The van der Waals surface area contributed by atoms with E-state index in [-0.39, 0.29) is 24.8 Å². The van der Waals surface area contributed by atoms with Gasteiger partial charge in [-0.15, -0.1) is 24.8 Å². The van der Waals surface area contributed by atoms with Gasteiger partial charge in [0.15, 0.2) is 0 Å². The number of hydrogen-bond donors (Lipinski definition) is 0. The molecule has 0 bridgehead atoms. The maximum absolute atomic E-state index is 2.37. The van der Waals surface area contributed by atoms with Gasteiger partial charge in [-0.2, -0.15) is 0 Å². The molecule has 26 heavy (non-hydrogen) atoms. The third-order valence-corrected chi connectivity index (χ3v) is 5.56. The van der Waals surface area contributed by atoms with Crippen LogP contribution >= 0.6 is 24.8 Å². The molecule has 0 saturated heterocycles. The van der Waals surface area contributed by atoms with Crippen molar-refractivity contribution in [3.05, 3.63) is 71.3 Å². The number of aryl methyl sites for hydroxylation is 3. The minimum absolute atomic E-state index is 0. The Bertz CT molecular complexity index is 1080. The normalized spacial score (nSPS) is 10.2. The molecule has 0 fully saturated rings. The molecule has 0 amide bonds. The first-order valence-corrected chi connectivity index (χ1v) is 9.53. The van der Waals surface area contributed by atoms with Crippen LogP contribution < -0.4 is 3.17 Å².